The number of methoxy groups -OCH3 is 1. The number of aromatic nitrogens is 1. The number of para-hydroxylation sites is 1. The van der Waals surface area contributed by atoms with Crippen molar-refractivity contribution in [1.82, 2.24) is 4.98 Å². The van der Waals surface area contributed by atoms with Gasteiger partial charge in [-0.25, -0.2) is 4.98 Å². The topological polar surface area (TPSA) is 51.2 Å². The van der Waals surface area contributed by atoms with Gasteiger partial charge in [0.05, 0.1) is 33.2 Å². The first-order chi connectivity index (χ1) is 12.0. The van der Waals surface area contributed by atoms with Gasteiger partial charge in [-0.15, -0.1) is 11.3 Å². The fourth-order valence-electron chi connectivity index (χ4n) is 2.10. The maximum Gasteiger partial charge on any atom is 0.234 e. The lowest BCUT2D eigenvalue weighted by Crippen LogP contribution is -2.15. The van der Waals surface area contributed by atoms with E-state index in [0.717, 1.165) is 28.0 Å². The van der Waals surface area contributed by atoms with Gasteiger partial charge in [0.25, 0.3) is 0 Å². The van der Waals surface area contributed by atoms with E-state index in [9.17, 15) is 4.79 Å². The highest BCUT2D eigenvalue weighted by atomic mass is 79.9. The second kappa shape index (κ2) is 8.39. The summed E-state index contributed by atoms with van der Waals surface area (Å²) in [5, 5.41) is 2.89. The Hall–Kier alpha value is -0.610. The number of amides is 1. The Kier molecular flexibility index (Phi) is 6.43. The normalized spacial score (nSPS) is 10.9. The first kappa shape index (κ1) is 19.2. The van der Waals surface area contributed by atoms with E-state index in [2.05, 4.69) is 58.1 Å². The number of hydrogen-bond donors (Lipinski definition) is 1. The van der Waals surface area contributed by atoms with E-state index >= 15 is 0 Å². The standard InChI is InChI=1S/C16H11Br3N2O2S2/c1-23-15-10(6-8(17)13(18)14(15)19)20-12(22)7-24-16-21-9-4-2-3-5-11(9)25-16/h2-6H,7H2,1H3,(H,20,22). The minimum absolute atomic E-state index is 0.122. The zero-order chi connectivity index (χ0) is 18.0. The summed E-state index contributed by atoms with van der Waals surface area (Å²) in [7, 11) is 1.56. The molecule has 0 aliphatic heterocycles. The van der Waals surface area contributed by atoms with Gasteiger partial charge in [-0.1, -0.05) is 23.9 Å². The van der Waals surface area contributed by atoms with Crippen LogP contribution in [0.15, 0.2) is 48.1 Å². The van der Waals surface area contributed by atoms with E-state index in [1.807, 2.05) is 24.3 Å². The fraction of sp³-hybridized carbons (Fsp3) is 0.125. The summed E-state index contributed by atoms with van der Waals surface area (Å²) in [5.74, 6) is 0.714. The average molecular weight is 567 g/mol. The number of fused-ring (bicyclic) bond motifs is 1. The molecule has 3 rings (SSSR count). The van der Waals surface area contributed by atoms with Crippen LogP contribution in [0.3, 0.4) is 0 Å². The van der Waals surface area contributed by atoms with E-state index in [-0.39, 0.29) is 11.7 Å². The molecule has 0 saturated carbocycles. The van der Waals surface area contributed by atoms with Crippen LogP contribution < -0.4 is 10.1 Å². The van der Waals surface area contributed by atoms with Gasteiger partial charge in [0.1, 0.15) is 0 Å². The van der Waals surface area contributed by atoms with Gasteiger partial charge in [-0.2, -0.15) is 0 Å². The van der Waals surface area contributed by atoms with Gasteiger partial charge >= 0.3 is 0 Å². The van der Waals surface area contributed by atoms with E-state index in [1.54, 1.807) is 24.5 Å². The largest absolute Gasteiger partial charge is 0.493 e. The van der Waals surface area contributed by atoms with Crippen molar-refractivity contribution >= 4 is 92.7 Å². The first-order valence-electron chi connectivity index (χ1n) is 6.99. The third kappa shape index (κ3) is 4.39. The number of anilines is 1. The van der Waals surface area contributed by atoms with Crippen LogP contribution in [0, 0.1) is 0 Å². The number of hydrogen-bond acceptors (Lipinski definition) is 5. The molecule has 0 unspecified atom stereocenters. The Morgan fingerprint density at radius 2 is 2.04 bits per heavy atom. The number of thioether (sulfide) groups is 1. The number of nitrogens with zero attached hydrogens (tertiary/aromatic N) is 1. The Bertz CT molecular complexity index is 914. The van der Waals surface area contributed by atoms with Crippen LogP contribution in [0.5, 0.6) is 5.75 Å². The van der Waals surface area contributed by atoms with Crippen molar-refractivity contribution in [2.45, 2.75) is 4.34 Å². The van der Waals surface area contributed by atoms with E-state index in [1.165, 1.54) is 11.8 Å². The van der Waals surface area contributed by atoms with Crippen LogP contribution in [0.2, 0.25) is 0 Å². The third-order valence-electron chi connectivity index (χ3n) is 3.20. The summed E-state index contributed by atoms with van der Waals surface area (Å²) >= 11 is 13.4. The molecule has 0 fully saturated rings. The lowest BCUT2D eigenvalue weighted by atomic mass is 10.3. The smallest absolute Gasteiger partial charge is 0.234 e. The number of nitrogens with one attached hydrogen (secondary N) is 1. The summed E-state index contributed by atoms with van der Waals surface area (Å²) in [5.41, 5.74) is 1.55. The van der Waals surface area contributed by atoms with E-state index < -0.39 is 0 Å². The van der Waals surface area contributed by atoms with Crippen molar-refractivity contribution in [2.75, 3.05) is 18.2 Å². The third-order valence-corrected chi connectivity index (χ3v) is 8.65. The average Bonchev–Trinajstić information content (AvgIpc) is 3.01. The highest BCUT2D eigenvalue weighted by Crippen LogP contribution is 2.43. The lowest BCUT2D eigenvalue weighted by Gasteiger charge is -2.14. The number of ether oxygens (including phenoxy) is 1. The molecule has 1 N–H and O–H groups in total. The Balaban J connectivity index is 1.70. The zero-order valence-corrected chi connectivity index (χ0v) is 19.2. The molecular weight excluding hydrogens is 556 g/mol. The molecule has 2 aromatic carbocycles. The van der Waals surface area contributed by atoms with Crippen LogP contribution in [0.25, 0.3) is 10.2 Å². The molecule has 0 spiro atoms. The number of benzene rings is 2. The number of carbonyl (C=O) groups is 1. The molecule has 0 bridgehead atoms. The summed E-state index contributed by atoms with van der Waals surface area (Å²) < 4.78 is 9.75. The van der Waals surface area contributed by atoms with Crippen molar-refractivity contribution in [2.24, 2.45) is 0 Å². The minimum atomic E-state index is -0.122. The van der Waals surface area contributed by atoms with E-state index in [4.69, 9.17) is 4.74 Å². The minimum Gasteiger partial charge on any atom is -0.493 e. The quantitative estimate of drug-likeness (QED) is 0.290. The van der Waals surface area contributed by atoms with Gasteiger partial charge in [0, 0.05) is 8.95 Å². The molecule has 0 aliphatic rings. The molecular formula is C16H11Br3N2O2S2. The van der Waals surface area contributed by atoms with Gasteiger partial charge in [0.15, 0.2) is 10.1 Å². The second-order valence-electron chi connectivity index (χ2n) is 4.85. The fourth-order valence-corrected chi connectivity index (χ4v) is 5.54. The summed E-state index contributed by atoms with van der Waals surface area (Å²) in [6.07, 6.45) is 0. The predicted molar refractivity (Wildman–Crippen MR) is 115 cm³/mol. The van der Waals surface area contributed by atoms with Gasteiger partial charge in [-0.05, 0) is 66.0 Å². The number of halogens is 3. The van der Waals surface area contributed by atoms with Crippen molar-refractivity contribution in [3.63, 3.8) is 0 Å². The highest BCUT2D eigenvalue weighted by Gasteiger charge is 2.17. The van der Waals surface area contributed by atoms with Crippen LogP contribution in [-0.4, -0.2) is 23.8 Å². The van der Waals surface area contributed by atoms with Gasteiger partial charge in [-0.3, -0.25) is 4.79 Å². The molecule has 0 saturated heterocycles. The molecule has 25 heavy (non-hydrogen) atoms. The monoisotopic (exact) mass is 564 g/mol. The molecule has 130 valence electrons. The van der Waals surface area contributed by atoms with Crippen LogP contribution in [0.4, 0.5) is 5.69 Å². The van der Waals surface area contributed by atoms with Gasteiger partial charge in [0.2, 0.25) is 5.91 Å². The molecule has 0 radical (unpaired) electrons. The predicted octanol–water partition coefficient (Wildman–Crippen LogP) is 6.32. The molecule has 0 atom stereocenters. The van der Waals surface area contributed by atoms with Crippen LogP contribution in [-0.2, 0) is 4.79 Å². The van der Waals surface area contributed by atoms with Crippen LogP contribution >= 0.6 is 70.9 Å². The molecule has 0 aliphatic carbocycles. The number of thiazole rings is 1. The highest BCUT2D eigenvalue weighted by molar-refractivity contribution is 9.14. The summed E-state index contributed by atoms with van der Waals surface area (Å²) in [6.45, 7) is 0. The maximum atomic E-state index is 12.3. The zero-order valence-electron chi connectivity index (χ0n) is 12.8. The number of carbonyl (C=O) groups excluding carboxylic acids is 1. The molecule has 3 aromatic rings. The Morgan fingerprint density at radius 3 is 2.76 bits per heavy atom. The second-order valence-corrected chi connectivity index (χ2v) is 9.54. The summed E-state index contributed by atoms with van der Waals surface area (Å²) in [4.78, 5) is 16.8. The molecule has 1 amide bonds. The van der Waals surface area contributed by atoms with Gasteiger partial charge < -0.3 is 10.1 Å². The van der Waals surface area contributed by atoms with Crippen molar-refractivity contribution in [3.05, 3.63) is 43.7 Å². The van der Waals surface area contributed by atoms with E-state index in [0.29, 0.717) is 11.4 Å². The number of rotatable bonds is 5. The Labute approximate surface area is 178 Å². The Morgan fingerprint density at radius 1 is 1.28 bits per heavy atom. The first-order valence-corrected chi connectivity index (χ1v) is 11.2. The van der Waals surface area contributed by atoms with Crippen molar-refractivity contribution in [1.29, 1.82) is 0 Å². The summed E-state index contributed by atoms with van der Waals surface area (Å²) in [6, 6.07) is 9.74. The molecule has 9 heteroatoms. The molecule has 1 aromatic heterocycles. The van der Waals surface area contributed by atoms with Crippen molar-refractivity contribution < 1.29 is 9.53 Å². The lowest BCUT2D eigenvalue weighted by molar-refractivity contribution is -0.113. The van der Waals surface area contributed by atoms with Crippen molar-refractivity contribution in [3.8, 4) is 5.75 Å². The molecule has 1 heterocycles. The maximum absolute atomic E-state index is 12.3. The molecule has 4 nitrogen and oxygen atoms in total. The van der Waals surface area contributed by atoms with Crippen LogP contribution in [0.1, 0.15) is 0 Å². The SMILES string of the molecule is COc1c(NC(=O)CSc2nc3ccccc3s2)cc(Br)c(Br)c1Br.